The Hall–Kier alpha value is -0.546. The van der Waals surface area contributed by atoms with Gasteiger partial charge in [0.25, 0.3) is 0 Å². The topological polar surface area (TPSA) is 38.7 Å². The van der Waals surface area contributed by atoms with Crippen molar-refractivity contribution in [3.05, 3.63) is 0 Å². The Labute approximate surface area is 264 Å². The zero-order chi connectivity index (χ0) is 34.4. The molecule has 0 bridgehead atoms. The molecule has 0 aliphatic heterocycles. The molecular weight excluding hydrogens is 615 g/mol. The van der Waals surface area contributed by atoms with Crippen LogP contribution in [0.3, 0.4) is 0 Å². The van der Waals surface area contributed by atoms with E-state index in [0.717, 1.165) is 32.1 Å². The minimum Gasteiger partial charge on any atom is -0.414 e. The summed E-state index contributed by atoms with van der Waals surface area (Å²) in [6, 6.07) is 0. The summed E-state index contributed by atoms with van der Waals surface area (Å²) >= 11 is 0. The van der Waals surface area contributed by atoms with Gasteiger partial charge < -0.3 is 14.0 Å². The van der Waals surface area contributed by atoms with Crippen molar-refractivity contribution in [2.24, 2.45) is 22.7 Å². The van der Waals surface area contributed by atoms with Crippen LogP contribution in [-0.4, -0.2) is 51.4 Å². The van der Waals surface area contributed by atoms with E-state index in [-0.39, 0.29) is 34.8 Å². The van der Waals surface area contributed by atoms with Gasteiger partial charge in [-0.2, -0.15) is 26.3 Å². The van der Waals surface area contributed by atoms with E-state index in [1.54, 1.807) is 0 Å². The molecule has 0 aromatic rings. The molecule has 0 aromatic carbocycles. The number of hydrogen-bond acceptors (Lipinski definition) is 3. The molecule has 258 valence electrons. The number of aliphatic hydroxyl groups is 1. The van der Waals surface area contributed by atoms with Gasteiger partial charge in [0.05, 0.1) is 5.60 Å². The molecule has 2 rings (SSSR count). The van der Waals surface area contributed by atoms with Crippen molar-refractivity contribution in [3.8, 4) is 11.8 Å². The largest absolute Gasteiger partial charge is 0.438 e. The van der Waals surface area contributed by atoms with Crippen molar-refractivity contribution in [1.82, 2.24) is 0 Å². The Morgan fingerprint density at radius 1 is 0.841 bits per heavy atom. The summed E-state index contributed by atoms with van der Waals surface area (Å²) in [5.41, 5.74) is -6.32. The van der Waals surface area contributed by atoms with Gasteiger partial charge >= 0.3 is 18.0 Å². The maximum Gasteiger partial charge on any atom is 0.438 e. The smallest absolute Gasteiger partial charge is 0.414 e. The highest BCUT2D eigenvalue weighted by molar-refractivity contribution is 6.74. The molecular formula is C33H58F6O3Si2. The average molecular weight is 673 g/mol. The summed E-state index contributed by atoms with van der Waals surface area (Å²) in [6.07, 6.45) is -5.46. The first-order valence-electron chi connectivity index (χ1n) is 16.1. The SMILES string of the molecule is CC(C)(CCCC(C)(CC#CC(O)(C(F)(F)F)C(F)(F)F)C1CCC2[C@@H](O[Si](C)(C)C(C)(C)C)CCC[C@@]21C)O[Si](C)(C)C. The summed E-state index contributed by atoms with van der Waals surface area (Å²) in [5.74, 6) is 3.78. The standard InChI is InChI=1S/C33H58F6O3Si2/c1-27(2,3)44(11,12)41-25-16-13-22-30(7)24(25)17-18-26(30)29(6,20-14-19-28(4,5)42-43(8,9)10)21-15-23-31(40,32(34,35)36)33(37,38)39/h24-26,40H,13-14,16-22H2,1-12H3/t24?,25-,26?,29?,30-/m0/s1. The van der Waals surface area contributed by atoms with E-state index < -0.39 is 45.6 Å². The van der Waals surface area contributed by atoms with Gasteiger partial charge in [-0.05, 0) is 119 Å². The van der Waals surface area contributed by atoms with Crippen LogP contribution in [0.2, 0.25) is 37.8 Å². The highest BCUT2D eigenvalue weighted by atomic mass is 28.4. The molecule has 0 aromatic heterocycles. The van der Waals surface area contributed by atoms with Crippen molar-refractivity contribution in [2.75, 3.05) is 0 Å². The highest BCUT2D eigenvalue weighted by Gasteiger charge is 2.70. The summed E-state index contributed by atoms with van der Waals surface area (Å²) in [5, 5.41) is 9.78. The van der Waals surface area contributed by atoms with Gasteiger partial charge in [0.1, 0.15) is 0 Å². The molecule has 0 amide bonds. The van der Waals surface area contributed by atoms with E-state index >= 15 is 0 Å². The van der Waals surface area contributed by atoms with Crippen LogP contribution < -0.4 is 0 Å². The molecule has 2 aliphatic rings. The monoisotopic (exact) mass is 672 g/mol. The summed E-state index contributed by atoms with van der Waals surface area (Å²) in [7, 11) is -3.91. The molecule has 3 nitrogen and oxygen atoms in total. The fraction of sp³-hybridized carbons (Fsp3) is 0.939. The summed E-state index contributed by atoms with van der Waals surface area (Å²) < 4.78 is 94.0. The molecule has 0 heterocycles. The predicted octanol–water partition coefficient (Wildman–Crippen LogP) is 10.6. The van der Waals surface area contributed by atoms with Crippen molar-refractivity contribution in [1.29, 1.82) is 0 Å². The molecule has 1 N–H and O–H groups in total. The average Bonchev–Trinajstić information content (AvgIpc) is 3.13. The summed E-state index contributed by atoms with van der Waals surface area (Å²) in [4.78, 5) is 0. The Bertz CT molecular complexity index is 1030. The van der Waals surface area contributed by atoms with Crippen LogP contribution in [0, 0.1) is 34.5 Å². The Balaban J connectivity index is 2.47. The predicted molar refractivity (Wildman–Crippen MR) is 170 cm³/mol. The highest BCUT2D eigenvalue weighted by Crippen LogP contribution is 2.63. The second-order valence-electron chi connectivity index (χ2n) is 17.2. The molecule has 11 heteroatoms. The molecule has 2 saturated carbocycles. The van der Waals surface area contributed by atoms with Gasteiger partial charge in [-0.25, -0.2) is 0 Å². The minimum absolute atomic E-state index is 0.0333. The van der Waals surface area contributed by atoms with E-state index in [1.807, 2.05) is 20.8 Å². The number of rotatable bonds is 10. The fourth-order valence-corrected chi connectivity index (χ4v) is 11.0. The van der Waals surface area contributed by atoms with E-state index in [9.17, 15) is 31.4 Å². The molecule has 0 spiro atoms. The lowest BCUT2D eigenvalue weighted by molar-refractivity contribution is -0.343. The molecule has 0 radical (unpaired) electrons. The number of alkyl halides is 6. The van der Waals surface area contributed by atoms with Crippen LogP contribution in [0.15, 0.2) is 0 Å². The van der Waals surface area contributed by atoms with Gasteiger partial charge in [0.15, 0.2) is 16.6 Å². The van der Waals surface area contributed by atoms with E-state index in [2.05, 4.69) is 66.4 Å². The third kappa shape index (κ3) is 8.87. The van der Waals surface area contributed by atoms with Crippen LogP contribution >= 0.6 is 0 Å². The zero-order valence-electron chi connectivity index (χ0n) is 29.1. The second kappa shape index (κ2) is 12.8. The van der Waals surface area contributed by atoms with Crippen LogP contribution in [0.5, 0.6) is 0 Å². The first-order chi connectivity index (χ1) is 19.4. The first-order valence-corrected chi connectivity index (χ1v) is 22.5. The third-order valence-electron chi connectivity index (χ3n) is 10.8. The van der Waals surface area contributed by atoms with Crippen LogP contribution in [0.4, 0.5) is 26.3 Å². The van der Waals surface area contributed by atoms with E-state index in [1.165, 1.54) is 5.92 Å². The lowest BCUT2D eigenvalue weighted by Crippen LogP contribution is -2.55. The van der Waals surface area contributed by atoms with E-state index in [0.29, 0.717) is 19.3 Å². The Morgan fingerprint density at radius 3 is 1.86 bits per heavy atom. The lowest BCUT2D eigenvalue weighted by Gasteiger charge is -2.52. The second-order valence-corrected chi connectivity index (χ2v) is 26.4. The van der Waals surface area contributed by atoms with Gasteiger partial charge in [-0.1, -0.05) is 53.4 Å². The van der Waals surface area contributed by atoms with Crippen LogP contribution in [0.25, 0.3) is 0 Å². The quantitative estimate of drug-likeness (QED) is 0.143. The van der Waals surface area contributed by atoms with E-state index in [4.69, 9.17) is 8.85 Å². The zero-order valence-corrected chi connectivity index (χ0v) is 31.1. The Morgan fingerprint density at radius 2 is 1.39 bits per heavy atom. The maximum atomic E-state index is 13.4. The molecule has 0 saturated heterocycles. The maximum absolute atomic E-state index is 13.4. The van der Waals surface area contributed by atoms with Gasteiger partial charge in [-0.3, -0.25) is 0 Å². The van der Waals surface area contributed by atoms with Gasteiger partial charge in [-0.15, -0.1) is 0 Å². The molecule has 3 unspecified atom stereocenters. The first kappa shape index (κ1) is 39.6. The van der Waals surface area contributed by atoms with Crippen molar-refractivity contribution in [3.63, 3.8) is 0 Å². The summed E-state index contributed by atoms with van der Waals surface area (Å²) in [6.45, 7) is 25.8. The normalized spacial score (nSPS) is 27.4. The molecule has 2 aliphatic carbocycles. The molecule has 2 fully saturated rings. The molecule has 44 heavy (non-hydrogen) atoms. The fourth-order valence-electron chi connectivity index (χ4n) is 7.82. The van der Waals surface area contributed by atoms with Crippen molar-refractivity contribution in [2.45, 2.75) is 174 Å². The third-order valence-corrected chi connectivity index (χ3v) is 16.5. The number of hydrogen-bond donors (Lipinski definition) is 1. The number of fused-ring (bicyclic) bond motifs is 1. The van der Waals surface area contributed by atoms with Gasteiger partial charge in [0, 0.05) is 12.5 Å². The van der Waals surface area contributed by atoms with Crippen molar-refractivity contribution >= 4 is 16.6 Å². The lowest BCUT2D eigenvalue weighted by atomic mass is 9.56. The van der Waals surface area contributed by atoms with Crippen LogP contribution in [-0.2, 0) is 8.85 Å². The van der Waals surface area contributed by atoms with Crippen LogP contribution in [0.1, 0.15) is 106 Å². The van der Waals surface area contributed by atoms with Crippen molar-refractivity contribution < 1.29 is 40.3 Å². The van der Waals surface area contributed by atoms with Gasteiger partial charge in [0.2, 0.25) is 0 Å². The number of halogens is 6. The Kier molecular flexibility index (Phi) is 11.5. The molecule has 5 atom stereocenters. The minimum atomic E-state index is -5.96.